The van der Waals surface area contributed by atoms with E-state index in [0.29, 0.717) is 11.4 Å². The van der Waals surface area contributed by atoms with Crippen LogP contribution in [0.3, 0.4) is 0 Å². The van der Waals surface area contributed by atoms with Crippen molar-refractivity contribution in [1.82, 2.24) is 4.90 Å². The predicted octanol–water partition coefficient (Wildman–Crippen LogP) is 4.13. The molecule has 1 atom stereocenters. The zero-order valence-electron chi connectivity index (χ0n) is 16.4. The van der Waals surface area contributed by atoms with E-state index in [9.17, 15) is 14.4 Å². The monoisotopic (exact) mass is 392 g/mol. The molecule has 2 aromatic carbocycles. The molecule has 0 aromatic heterocycles. The van der Waals surface area contributed by atoms with E-state index >= 15 is 0 Å². The molecule has 150 valence electrons. The second kappa shape index (κ2) is 7.70. The Hall–Kier alpha value is -3.15. The van der Waals surface area contributed by atoms with Crippen LogP contribution in [0.25, 0.3) is 0 Å². The third kappa shape index (κ3) is 3.75. The minimum Gasteiger partial charge on any atom is -0.457 e. The zero-order chi connectivity index (χ0) is 20.4. The Bertz CT molecular complexity index is 918. The molecule has 0 radical (unpaired) electrons. The maximum atomic E-state index is 12.9. The van der Waals surface area contributed by atoms with Crippen LogP contribution in [0.1, 0.15) is 39.0 Å². The quantitative estimate of drug-likeness (QED) is 0.777. The van der Waals surface area contributed by atoms with Crippen LogP contribution in [-0.2, 0) is 14.4 Å². The minimum atomic E-state index is -0.838. The molecule has 2 aromatic rings. The van der Waals surface area contributed by atoms with Gasteiger partial charge in [0.15, 0.2) is 0 Å². The Morgan fingerprint density at radius 1 is 1.00 bits per heavy atom. The molecule has 4 rings (SSSR count). The topological polar surface area (TPSA) is 75.7 Å². The highest BCUT2D eigenvalue weighted by atomic mass is 16.5. The second-order valence-corrected chi connectivity index (χ2v) is 7.84. The van der Waals surface area contributed by atoms with Gasteiger partial charge in [0.2, 0.25) is 17.7 Å². The van der Waals surface area contributed by atoms with Gasteiger partial charge in [-0.25, -0.2) is 0 Å². The van der Waals surface area contributed by atoms with Crippen molar-refractivity contribution in [2.75, 3.05) is 5.32 Å². The first kappa shape index (κ1) is 19.2. The van der Waals surface area contributed by atoms with Gasteiger partial charge in [0.05, 0.1) is 5.41 Å². The lowest BCUT2D eigenvalue weighted by molar-refractivity contribution is -0.147. The number of amides is 3. The lowest BCUT2D eigenvalue weighted by atomic mass is 9.84. The lowest BCUT2D eigenvalue weighted by Gasteiger charge is -2.25. The van der Waals surface area contributed by atoms with Gasteiger partial charge < -0.3 is 10.1 Å². The molecule has 0 bridgehead atoms. The summed E-state index contributed by atoms with van der Waals surface area (Å²) in [5, 5.41) is 2.79. The van der Waals surface area contributed by atoms with Crippen molar-refractivity contribution in [3.05, 3.63) is 54.6 Å². The average molecular weight is 392 g/mol. The fraction of sp³-hybridized carbons (Fsp3) is 0.348. The van der Waals surface area contributed by atoms with Gasteiger partial charge in [-0.2, -0.15) is 0 Å². The summed E-state index contributed by atoms with van der Waals surface area (Å²) in [6.45, 7) is 1.60. The summed E-state index contributed by atoms with van der Waals surface area (Å²) in [5.74, 6) is 0.569. The maximum absolute atomic E-state index is 12.9. The molecule has 3 amide bonds. The van der Waals surface area contributed by atoms with Crippen molar-refractivity contribution in [2.24, 2.45) is 5.41 Å². The van der Waals surface area contributed by atoms with E-state index in [4.69, 9.17) is 4.74 Å². The van der Waals surface area contributed by atoms with E-state index in [2.05, 4.69) is 5.32 Å². The first-order valence-corrected chi connectivity index (χ1v) is 9.99. The molecule has 1 aliphatic carbocycles. The Kier molecular flexibility index (Phi) is 5.09. The number of carbonyl (C=O) groups is 3. The van der Waals surface area contributed by atoms with Gasteiger partial charge >= 0.3 is 0 Å². The molecular weight excluding hydrogens is 368 g/mol. The lowest BCUT2D eigenvalue weighted by Crippen LogP contribution is -2.46. The third-order valence-electron chi connectivity index (χ3n) is 5.86. The minimum absolute atomic E-state index is 0.186. The Balaban J connectivity index is 1.40. The second-order valence-electron chi connectivity index (χ2n) is 7.84. The van der Waals surface area contributed by atoms with Gasteiger partial charge in [-0.3, -0.25) is 19.3 Å². The number of nitrogens with one attached hydrogen (secondary N) is 1. The van der Waals surface area contributed by atoms with Crippen LogP contribution in [0.2, 0.25) is 0 Å². The molecule has 1 unspecified atom stereocenters. The molecule has 2 aliphatic rings. The van der Waals surface area contributed by atoms with Crippen molar-refractivity contribution >= 4 is 23.4 Å². The van der Waals surface area contributed by atoms with E-state index in [1.54, 1.807) is 31.2 Å². The van der Waals surface area contributed by atoms with Crippen LogP contribution in [0, 0.1) is 5.41 Å². The zero-order valence-corrected chi connectivity index (χ0v) is 16.4. The molecule has 6 nitrogen and oxygen atoms in total. The van der Waals surface area contributed by atoms with E-state index < -0.39 is 11.5 Å². The third-order valence-corrected chi connectivity index (χ3v) is 5.86. The fourth-order valence-electron chi connectivity index (χ4n) is 4.25. The Morgan fingerprint density at radius 3 is 2.28 bits per heavy atom. The number of ether oxygens (including phenoxy) is 1. The van der Waals surface area contributed by atoms with Crippen molar-refractivity contribution in [3.63, 3.8) is 0 Å². The first-order chi connectivity index (χ1) is 14.0. The molecule has 1 saturated carbocycles. The van der Waals surface area contributed by atoms with Crippen LogP contribution in [0.15, 0.2) is 54.6 Å². The average Bonchev–Trinajstić information content (AvgIpc) is 3.28. The number of carbonyl (C=O) groups excluding carboxylic acids is 3. The standard InChI is InChI=1S/C23H24N2O4/c1-16(25-20(26)15-23(22(25)28)13-5-6-14-23)21(27)24-17-9-11-19(12-10-17)29-18-7-3-2-4-8-18/h2-4,7-12,16H,5-6,13-15H2,1H3,(H,24,27). The predicted molar refractivity (Wildman–Crippen MR) is 108 cm³/mol. The van der Waals surface area contributed by atoms with Gasteiger partial charge in [0, 0.05) is 12.1 Å². The summed E-state index contributed by atoms with van der Waals surface area (Å²) in [5.41, 5.74) is 0.0131. The number of nitrogens with zero attached hydrogens (tertiary/aromatic N) is 1. The summed E-state index contributed by atoms with van der Waals surface area (Å²) in [7, 11) is 0. The molecule has 1 N–H and O–H groups in total. The van der Waals surface area contributed by atoms with E-state index in [1.807, 2.05) is 30.3 Å². The van der Waals surface area contributed by atoms with Crippen molar-refractivity contribution in [2.45, 2.75) is 45.1 Å². The number of benzene rings is 2. The van der Waals surface area contributed by atoms with E-state index in [1.165, 1.54) is 0 Å². The Labute approximate surface area is 169 Å². The van der Waals surface area contributed by atoms with Crippen LogP contribution < -0.4 is 10.1 Å². The number of hydrogen-bond donors (Lipinski definition) is 1. The fourth-order valence-corrected chi connectivity index (χ4v) is 4.25. The summed E-state index contributed by atoms with van der Waals surface area (Å²) >= 11 is 0. The van der Waals surface area contributed by atoms with Crippen molar-refractivity contribution in [1.29, 1.82) is 0 Å². The molecule has 1 saturated heterocycles. The van der Waals surface area contributed by atoms with Crippen LogP contribution in [0.4, 0.5) is 5.69 Å². The van der Waals surface area contributed by atoms with Crippen molar-refractivity contribution < 1.29 is 19.1 Å². The maximum Gasteiger partial charge on any atom is 0.247 e. The van der Waals surface area contributed by atoms with Gasteiger partial charge in [-0.15, -0.1) is 0 Å². The number of anilines is 1. The highest BCUT2D eigenvalue weighted by Crippen LogP contribution is 2.47. The summed E-state index contributed by atoms with van der Waals surface area (Å²) in [6, 6.07) is 15.6. The highest BCUT2D eigenvalue weighted by molar-refractivity contribution is 6.10. The van der Waals surface area contributed by atoms with Crippen LogP contribution >= 0.6 is 0 Å². The van der Waals surface area contributed by atoms with Gasteiger partial charge in [0.1, 0.15) is 17.5 Å². The Morgan fingerprint density at radius 2 is 1.62 bits per heavy atom. The smallest absolute Gasteiger partial charge is 0.247 e. The molecule has 6 heteroatoms. The number of para-hydroxylation sites is 1. The number of hydrogen-bond acceptors (Lipinski definition) is 4. The van der Waals surface area contributed by atoms with E-state index in [-0.39, 0.29) is 24.1 Å². The van der Waals surface area contributed by atoms with Crippen LogP contribution in [-0.4, -0.2) is 28.7 Å². The van der Waals surface area contributed by atoms with Gasteiger partial charge in [-0.05, 0) is 56.2 Å². The molecular formula is C23H24N2O4. The normalized spacial score (nSPS) is 18.9. The van der Waals surface area contributed by atoms with E-state index in [0.717, 1.165) is 36.3 Å². The highest BCUT2D eigenvalue weighted by Gasteiger charge is 2.54. The first-order valence-electron chi connectivity index (χ1n) is 9.99. The SMILES string of the molecule is CC(C(=O)Nc1ccc(Oc2ccccc2)cc1)N1C(=O)CC2(CCCC2)C1=O. The number of rotatable bonds is 5. The molecule has 1 spiro atoms. The number of likely N-dealkylation sites (tertiary alicyclic amines) is 1. The van der Waals surface area contributed by atoms with Crippen LogP contribution in [0.5, 0.6) is 11.5 Å². The molecule has 1 aliphatic heterocycles. The summed E-state index contributed by atoms with van der Waals surface area (Å²) in [4.78, 5) is 39.2. The summed E-state index contributed by atoms with van der Waals surface area (Å²) in [6.07, 6.45) is 3.64. The largest absolute Gasteiger partial charge is 0.457 e. The molecule has 2 fully saturated rings. The molecule has 29 heavy (non-hydrogen) atoms. The van der Waals surface area contributed by atoms with Gasteiger partial charge in [-0.1, -0.05) is 31.0 Å². The van der Waals surface area contributed by atoms with Gasteiger partial charge in [0.25, 0.3) is 0 Å². The number of imide groups is 1. The molecule has 1 heterocycles. The van der Waals surface area contributed by atoms with Crippen molar-refractivity contribution in [3.8, 4) is 11.5 Å². The summed E-state index contributed by atoms with van der Waals surface area (Å²) < 4.78 is 5.74.